The lowest BCUT2D eigenvalue weighted by molar-refractivity contribution is 0.660. The van der Waals surface area contributed by atoms with Crippen molar-refractivity contribution in [1.82, 2.24) is 9.88 Å². The van der Waals surface area contributed by atoms with E-state index in [2.05, 4.69) is 206 Å². The minimum atomic E-state index is -0.105. The molecular formula is C53H39N3. The topological polar surface area (TPSA) is 29.3 Å². The zero-order valence-corrected chi connectivity index (χ0v) is 31.4. The van der Waals surface area contributed by atoms with Crippen LogP contribution >= 0.6 is 0 Å². The molecule has 266 valence electrons. The van der Waals surface area contributed by atoms with Crippen LogP contribution in [0.3, 0.4) is 0 Å². The highest BCUT2D eigenvalue weighted by Gasteiger charge is 2.35. The van der Waals surface area contributed by atoms with E-state index in [4.69, 9.17) is 4.99 Å². The molecule has 2 heterocycles. The van der Waals surface area contributed by atoms with Gasteiger partial charge in [-0.2, -0.15) is 0 Å². The fourth-order valence-corrected chi connectivity index (χ4v) is 9.30. The molecule has 0 amide bonds. The summed E-state index contributed by atoms with van der Waals surface area (Å²) >= 11 is 0. The van der Waals surface area contributed by atoms with Crippen LogP contribution in [-0.2, 0) is 5.41 Å². The van der Waals surface area contributed by atoms with Gasteiger partial charge < -0.3 is 9.88 Å². The molecule has 0 saturated carbocycles. The number of nitrogens with zero attached hydrogens (tertiary/aromatic N) is 2. The summed E-state index contributed by atoms with van der Waals surface area (Å²) in [7, 11) is 0. The molecule has 0 saturated heterocycles. The van der Waals surface area contributed by atoms with Crippen molar-refractivity contribution in [3.63, 3.8) is 0 Å². The number of amidine groups is 1. The Morgan fingerprint density at radius 3 is 2.09 bits per heavy atom. The van der Waals surface area contributed by atoms with Crippen molar-refractivity contribution in [3.05, 3.63) is 216 Å². The third-order valence-electron chi connectivity index (χ3n) is 12.0. The number of rotatable bonds is 5. The highest BCUT2D eigenvalue weighted by Crippen LogP contribution is 2.51. The van der Waals surface area contributed by atoms with Crippen molar-refractivity contribution in [2.75, 3.05) is 0 Å². The molecule has 1 N–H and O–H groups in total. The maximum atomic E-state index is 5.27. The van der Waals surface area contributed by atoms with E-state index in [1.54, 1.807) is 0 Å². The minimum Gasteiger partial charge on any atom is -0.359 e. The standard InChI is InChI=1S/C53H39N3/c1-53(2)45-26-13-11-24-41(45)42-29-28-38(32-46(42)53)50-40-23-10-9-20-36(40)31-44-43-25-12-14-27-49(43)56(51(44)50)39-22-15-21-37(30-39)48-33-47(34-16-5-3-6-17-34)54-52(55-48)35-18-7-4-8-19-35/h3-33,47H,1-2H3,(H,54,55). The summed E-state index contributed by atoms with van der Waals surface area (Å²) in [6, 6.07) is 66.2. The molecule has 1 unspecified atom stereocenters. The second-order valence-electron chi connectivity index (χ2n) is 15.6. The van der Waals surface area contributed by atoms with Crippen LogP contribution in [0.4, 0.5) is 0 Å². The van der Waals surface area contributed by atoms with Gasteiger partial charge in [-0.1, -0.05) is 166 Å². The van der Waals surface area contributed by atoms with Gasteiger partial charge in [0.1, 0.15) is 5.84 Å². The van der Waals surface area contributed by atoms with Crippen molar-refractivity contribution in [1.29, 1.82) is 0 Å². The molecule has 8 aromatic carbocycles. The first-order chi connectivity index (χ1) is 27.5. The van der Waals surface area contributed by atoms with E-state index in [1.807, 2.05) is 6.07 Å². The summed E-state index contributed by atoms with van der Waals surface area (Å²) < 4.78 is 2.49. The molecule has 1 aliphatic heterocycles. The smallest absolute Gasteiger partial charge is 0.134 e. The lowest BCUT2D eigenvalue weighted by Gasteiger charge is -2.24. The Morgan fingerprint density at radius 2 is 1.23 bits per heavy atom. The molecule has 0 fully saturated rings. The van der Waals surface area contributed by atoms with Crippen molar-refractivity contribution in [3.8, 4) is 27.9 Å². The second-order valence-corrected chi connectivity index (χ2v) is 15.6. The number of aliphatic imine (C=N–C) groups is 1. The first kappa shape index (κ1) is 32.5. The van der Waals surface area contributed by atoms with Crippen LogP contribution in [0.5, 0.6) is 0 Å². The molecule has 0 radical (unpaired) electrons. The maximum Gasteiger partial charge on any atom is 0.134 e. The van der Waals surface area contributed by atoms with Gasteiger partial charge in [0.15, 0.2) is 0 Å². The van der Waals surface area contributed by atoms with E-state index in [1.165, 1.54) is 71.5 Å². The van der Waals surface area contributed by atoms with Gasteiger partial charge in [0, 0.05) is 38.6 Å². The summed E-state index contributed by atoms with van der Waals surface area (Å²) in [5, 5.41) is 8.69. The zero-order chi connectivity index (χ0) is 37.4. The number of benzene rings is 8. The number of aromatic nitrogens is 1. The molecule has 3 heteroatoms. The lowest BCUT2D eigenvalue weighted by atomic mass is 9.81. The number of nitrogens with one attached hydrogen (secondary N) is 1. The highest BCUT2D eigenvalue weighted by molar-refractivity contribution is 6.21. The van der Waals surface area contributed by atoms with Crippen LogP contribution in [-0.4, -0.2) is 10.4 Å². The van der Waals surface area contributed by atoms with E-state index < -0.39 is 0 Å². The Kier molecular flexibility index (Phi) is 7.27. The zero-order valence-electron chi connectivity index (χ0n) is 31.4. The van der Waals surface area contributed by atoms with Gasteiger partial charge in [0.25, 0.3) is 0 Å². The molecule has 0 spiro atoms. The van der Waals surface area contributed by atoms with E-state index in [9.17, 15) is 0 Å². The number of para-hydroxylation sites is 1. The van der Waals surface area contributed by atoms with Gasteiger partial charge in [-0.25, -0.2) is 4.99 Å². The Balaban J connectivity index is 1.15. The summed E-state index contributed by atoms with van der Waals surface area (Å²) in [4.78, 5) is 5.27. The van der Waals surface area contributed by atoms with Gasteiger partial charge in [0.2, 0.25) is 0 Å². The summed E-state index contributed by atoms with van der Waals surface area (Å²) in [5.74, 6) is 0.870. The minimum absolute atomic E-state index is 0.0241. The van der Waals surface area contributed by atoms with E-state index in [0.29, 0.717) is 0 Å². The van der Waals surface area contributed by atoms with Gasteiger partial charge in [-0.15, -0.1) is 0 Å². The molecule has 3 nitrogen and oxygen atoms in total. The Morgan fingerprint density at radius 1 is 0.536 bits per heavy atom. The summed E-state index contributed by atoms with van der Waals surface area (Å²) in [6.07, 6.45) is 2.26. The normalized spacial score (nSPS) is 15.6. The van der Waals surface area contributed by atoms with Crippen molar-refractivity contribution in [2.45, 2.75) is 25.3 Å². The summed E-state index contributed by atoms with van der Waals surface area (Å²) in [6.45, 7) is 4.73. The fourth-order valence-electron chi connectivity index (χ4n) is 9.30. The molecule has 1 atom stereocenters. The fraction of sp³-hybridized carbons (Fsp3) is 0.0755. The lowest BCUT2D eigenvalue weighted by Crippen LogP contribution is -2.31. The maximum absolute atomic E-state index is 5.27. The van der Waals surface area contributed by atoms with Gasteiger partial charge in [-0.05, 0) is 80.6 Å². The second kappa shape index (κ2) is 12.5. The summed E-state index contributed by atoms with van der Waals surface area (Å²) in [5.41, 5.74) is 15.6. The van der Waals surface area contributed by atoms with Crippen LogP contribution in [0.1, 0.15) is 47.7 Å². The number of fused-ring (bicyclic) bond motifs is 7. The van der Waals surface area contributed by atoms with E-state index >= 15 is 0 Å². The third-order valence-corrected chi connectivity index (χ3v) is 12.0. The molecule has 9 aromatic rings. The quantitative estimate of drug-likeness (QED) is 0.189. The molecular weight excluding hydrogens is 679 g/mol. The Bertz CT molecular complexity index is 3070. The van der Waals surface area contributed by atoms with Crippen molar-refractivity contribution in [2.24, 2.45) is 4.99 Å². The van der Waals surface area contributed by atoms with Gasteiger partial charge in [-0.3, -0.25) is 0 Å². The highest BCUT2D eigenvalue weighted by atomic mass is 15.1. The van der Waals surface area contributed by atoms with Crippen LogP contribution in [0.25, 0.3) is 66.2 Å². The molecule has 0 bridgehead atoms. The Labute approximate surface area is 326 Å². The monoisotopic (exact) mass is 717 g/mol. The average molecular weight is 718 g/mol. The first-order valence-electron chi connectivity index (χ1n) is 19.5. The molecule has 2 aliphatic rings. The van der Waals surface area contributed by atoms with Crippen LogP contribution < -0.4 is 5.32 Å². The number of hydrogen-bond donors (Lipinski definition) is 1. The van der Waals surface area contributed by atoms with Crippen molar-refractivity contribution < 1.29 is 0 Å². The number of hydrogen-bond acceptors (Lipinski definition) is 2. The van der Waals surface area contributed by atoms with Gasteiger partial charge in [0.05, 0.1) is 22.8 Å². The Hall–Kier alpha value is -6.97. The molecule has 56 heavy (non-hydrogen) atoms. The van der Waals surface area contributed by atoms with Crippen LogP contribution in [0.2, 0.25) is 0 Å². The van der Waals surface area contributed by atoms with E-state index in [0.717, 1.165) is 28.3 Å². The largest absolute Gasteiger partial charge is 0.359 e. The molecule has 1 aliphatic carbocycles. The van der Waals surface area contributed by atoms with Crippen LogP contribution in [0.15, 0.2) is 193 Å². The third kappa shape index (κ3) is 5.01. The van der Waals surface area contributed by atoms with Crippen molar-refractivity contribution >= 4 is 44.1 Å². The van der Waals surface area contributed by atoms with E-state index in [-0.39, 0.29) is 11.5 Å². The molecule has 1 aromatic heterocycles. The molecule has 11 rings (SSSR count). The predicted molar refractivity (Wildman–Crippen MR) is 235 cm³/mol. The van der Waals surface area contributed by atoms with Crippen LogP contribution in [0, 0.1) is 0 Å². The van der Waals surface area contributed by atoms with Gasteiger partial charge >= 0.3 is 0 Å². The first-order valence-corrected chi connectivity index (χ1v) is 19.5. The average Bonchev–Trinajstić information content (AvgIpc) is 3.71. The predicted octanol–water partition coefficient (Wildman–Crippen LogP) is 13.0. The SMILES string of the molecule is CC1(C)c2ccccc2-c2ccc(-c3c4ccccc4cc4c5ccccc5n(-c5cccc(C6=CC(c7ccccc7)NC(c7ccccc7)=N6)c5)c34)cc21.